The minimum atomic E-state index is 0.192. The summed E-state index contributed by atoms with van der Waals surface area (Å²) in [5.41, 5.74) is 0. The SMILES string of the molecule is C#CCCCCCC(=O)C(C)C. The molecule has 0 aromatic heterocycles. The molecule has 1 heteroatoms. The Hall–Kier alpha value is -0.770. The van der Waals surface area contributed by atoms with Crippen molar-refractivity contribution in [1.29, 1.82) is 0 Å². The lowest BCUT2D eigenvalue weighted by Gasteiger charge is -2.02. The zero-order chi connectivity index (χ0) is 9.40. The molecule has 0 amide bonds. The standard InChI is InChI=1S/C11H18O/c1-4-5-6-7-8-9-11(12)10(2)3/h1,10H,5-9H2,2-3H3. The molecule has 0 fully saturated rings. The van der Waals surface area contributed by atoms with Crippen molar-refractivity contribution in [3.05, 3.63) is 0 Å². The van der Waals surface area contributed by atoms with E-state index in [-0.39, 0.29) is 5.92 Å². The third kappa shape index (κ3) is 5.97. The van der Waals surface area contributed by atoms with Gasteiger partial charge in [0.25, 0.3) is 0 Å². The van der Waals surface area contributed by atoms with Crippen LogP contribution < -0.4 is 0 Å². The lowest BCUT2D eigenvalue weighted by molar-refractivity contribution is -0.122. The van der Waals surface area contributed by atoms with Crippen molar-refractivity contribution >= 4 is 5.78 Å². The second kappa shape index (κ2) is 6.91. The summed E-state index contributed by atoms with van der Waals surface area (Å²) in [5, 5.41) is 0. The molecule has 0 N–H and O–H groups in total. The number of Topliss-reactive ketones (excluding diaryl/α,β-unsaturated/α-hetero) is 1. The molecule has 0 saturated carbocycles. The number of unbranched alkanes of at least 4 members (excludes halogenated alkanes) is 3. The molecule has 1 nitrogen and oxygen atoms in total. The first-order chi connectivity index (χ1) is 5.68. The Morgan fingerprint density at radius 2 is 2.00 bits per heavy atom. The first-order valence-electron chi connectivity index (χ1n) is 4.64. The molecular weight excluding hydrogens is 148 g/mol. The lowest BCUT2D eigenvalue weighted by atomic mass is 10.0. The van der Waals surface area contributed by atoms with Crippen LogP contribution in [0.2, 0.25) is 0 Å². The van der Waals surface area contributed by atoms with Crippen LogP contribution in [0, 0.1) is 18.3 Å². The molecule has 0 aliphatic heterocycles. The molecular formula is C11H18O. The quantitative estimate of drug-likeness (QED) is 0.438. The van der Waals surface area contributed by atoms with Gasteiger partial charge in [0, 0.05) is 18.8 Å². The van der Waals surface area contributed by atoms with Gasteiger partial charge < -0.3 is 0 Å². The van der Waals surface area contributed by atoms with E-state index in [1.807, 2.05) is 13.8 Å². The van der Waals surface area contributed by atoms with Crippen LogP contribution in [-0.4, -0.2) is 5.78 Å². The highest BCUT2D eigenvalue weighted by molar-refractivity contribution is 5.80. The molecule has 12 heavy (non-hydrogen) atoms. The van der Waals surface area contributed by atoms with Crippen molar-refractivity contribution in [3.63, 3.8) is 0 Å². The van der Waals surface area contributed by atoms with Crippen LogP contribution in [0.4, 0.5) is 0 Å². The van der Waals surface area contributed by atoms with E-state index in [1.54, 1.807) is 0 Å². The summed E-state index contributed by atoms with van der Waals surface area (Å²) in [6, 6.07) is 0. The highest BCUT2D eigenvalue weighted by Crippen LogP contribution is 2.06. The predicted molar refractivity (Wildman–Crippen MR) is 51.8 cm³/mol. The van der Waals surface area contributed by atoms with Gasteiger partial charge in [-0.1, -0.05) is 20.3 Å². The molecule has 0 aliphatic rings. The second-order valence-corrected chi connectivity index (χ2v) is 3.39. The Morgan fingerprint density at radius 1 is 1.33 bits per heavy atom. The molecule has 0 bridgehead atoms. The second-order valence-electron chi connectivity index (χ2n) is 3.39. The Balaban J connectivity index is 3.21. The van der Waals surface area contributed by atoms with Crippen LogP contribution in [-0.2, 0) is 4.79 Å². The van der Waals surface area contributed by atoms with E-state index in [9.17, 15) is 4.79 Å². The van der Waals surface area contributed by atoms with Gasteiger partial charge in [0.2, 0.25) is 0 Å². The molecule has 0 unspecified atom stereocenters. The third-order valence-electron chi connectivity index (χ3n) is 1.89. The van der Waals surface area contributed by atoms with E-state index in [0.717, 1.165) is 32.1 Å². The number of rotatable bonds is 6. The molecule has 0 heterocycles. The number of hydrogen-bond acceptors (Lipinski definition) is 1. The molecule has 0 atom stereocenters. The summed E-state index contributed by atoms with van der Waals surface area (Å²) >= 11 is 0. The number of terminal acetylenes is 1. The van der Waals surface area contributed by atoms with Crippen LogP contribution in [0.15, 0.2) is 0 Å². The molecule has 0 spiro atoms. The summed E-state index contributed by atoms with van der Waals surface area (Å²) in [6.45, 7) is 3.90. The highest BCUT2D eigenvalue weighted by atomic mass is 16.1. The van der Waals surface area contributed by atoms with Gasteiger partial charge in [-0.15, -0.1) is 12.3 Å². The summed E-state index contributed by atoms with van der Waals surface area (Å²) < 4.78 is 0. The number of hydrogen-bond donors (Lipinski definition) is 0. The van der Waals surface area contributed by atoms with Crippen LogP contribution in [0.5, 0.6) is 0 Å². The van der Waals surface area contributed by atoms with Crippen molar-refractivity contribution < 1.29 is 4.79 Å². The van der Waals surface area contributed by atoms with Gasteiger partial charge in [-0.05, 0) is 12.8 Å². The van der Waals surface area contributed by atoms with Gasteiger partial charge in [-0.3, -0.25) is 4.79 Å². The average molecular weight is 166 g/mol. The van der Waals surface area contributed by atoms with Crippen LogP contribution >= 0.6 is 0 Å². The van der Waals surface area contributed by atoms with Crippen LogP contribution in [0.3, 0.4) is 0 Å². The topological polar surface area (TPSA) is 17.1 Å². The molecule has 0 aliphatic carbocycles. The van der Waals surface area contributed by atoms with Crippen LogP contribution in [0.25, 0.3) is 0 Å². The largest absolute Gasteiger partial charge is 0.299 e. The van der Waals surface area contributed by atoms with Crippen molar-refractivity contribution in [2.75, 3.05) is 0 Å². The Bertz CT molecular complexity index is 162. The van der Waals surface area contributed by atoms with Gasteiger partial charge in [0.15, 0.2) is 0 Å². The van der Waals surface area contributed by atoms with Gasteiger partial charge in [0.1, 0.15) is 5.78 Å². The molecule has 0 aromatic carbocycles. The lowest BCUT2D eigenvalue weighted by Crippen LogP contribution is -2.05. The normalized spacial score (nSPS) is 9.83. The van der Waals surface area contributed by atoms with Crippen molar-refractivity contribution in [3.8, 4) is 12.3 Å². The minimum absolute atomic E-state index is 0.192. The summed E-state index contributed by atoms with van der Waals surface area (Å²) in [4.78, 5) is 11.1. The van der Waals surface area contributed by atoms with Crippen molar-refractivity contribution in [2.45, 2.75) is 46.0 Å². The van der Waals surface area contributed by atoms with Gasteiger partial charge >= 0.3 is 0 Å². The molecule has 0 radical (unpaired) electrons. The fraction of sp³-hybridized carbons (Fsp3) is 0.727. The van der Waals surface area contributed by atoms with E-state index in [4.69, 9.17) is 6.42 Å². The van der Waals surface area contributed by atoms with Crippen molar-refractivity contribution in [1.82, 2.24) is 0 Å². The summed E-state index contributed by atoms with van der Waals surface area (Å²) in [5.74, 6) is 3.16. The molecule has 0 aromatic rings. The molecule has 68 valence electrons. The zero-order valence-electron chi connectivity index (χ0n) is 8.10. The number of ketones is 1. The van der Waals surface area contributed by atoms with E-state index < -0.39 is 0 Å². The predicted octanol–water partition coefficient (Wildman–Crippen LogP) is 2.80. The first-order valence-corrected chi connectivity index (χ1v) is 4.64. The van der Waals surface area contributed by atoms with E-state index in [2.05, 4.69) is 5.92 Å². The van der Waals surface area contributed by atoms with E-state index >= 15 is 0 Å². The van der Waals surface area contributed by atoms with Crippen LogP contribution in [0.1, 0.15) is 46.0 Å². The Labute approximate surface area is 75.5 Å². The maximum Gasteiger partial charge on any atom is 0.135 e. The van der Waals surface area contributed by atoms with E-state index in [1.165, 1.54) is 0 Å². The smallest absolute Gasteiger partial charge is 0.135 e. The fourth-order valence-electron chi connectivity index (χ4n) is 0.992. The molecule has 0 rings (SSSR count). The first kappa shape index (κ1) is 11.2. The maximum absolute atomic E-state index is 11.1. The van der Waals surface area contributed by atoms with Gasteiger partial charge in [-0.25, -0.2) is 0 Å². The molecule has 0 saturated heterocycles. The van der Waals surface area contributed by atoms with Gasteiger partial charge in [-0.2, -0.15) is 0 Å². The number of carbonyl (C=O) groups excluding carboxylic acids is 1. The van der Waals surface area contributed by atoms with E-state index in [0.29, 0.717) is 5.78 Å². The van der Waals surface area contributed by atoms with Crippen molar-refractivity contribution in [2.24, 2.45) is 5.92 Å². The highest BCUT2D eigenvalue weighted by Gasteiger charge is 2.05. The summed E-state index contributed by atoms with van der Waals surface area (Å²) in [7, 11) is 0. The van der Waals surface area contributed by atoms with Gasteiger partial charge in [0.05, 0.1) is 0 Å². The number of carbonyl (C=O) groups is 1. The average Bonchev–Trinajstić information content (AvgIpc) is 2.03. The zero-order valence-corrected chi connectivity index (χ0v) is 8.10. The maximum atomic E-state index is 11.1. The fourth-order valence-corrected chi connectivity index (χ4v) is 0.992. The monoisotopic (exact) mass is 166 g/mol. The Kier molecular flexibility index (Phi) is 6.47. The third-order valence-corrected chi connectivity index (χ3v) is 1.89. The summed E-state index contributed by atoms with van der Waals surface area (Å²) in [6.07, 6.45) is 9.81. The Morgan fingerprint density at radius 3 is 2.50 bits per heavy atom. The minimum Gasteiger partial charge on any atom is -0.299 e.